The highest BCUT2D eigenvalue weighted by Crippen LogP contribution is 2.21. The number of hydrogen-bond donors (Lipinski definition) is 3. The van der Waals surface area contributed by atoms with Gasteiger partial charge in [-0.2, -0.15) is 0 Å². The molecule has 0 saturated heterocycles. The molecule has 0 saturated carbocycles. The molecule has 5 heteroatoms. The molecule has 0 fully saturated rings. The number of aliphatic hydroxyl groups is 1. The van der Waals surface area contributed by atoms with Crippen molar-refractivity contribution in [2.75, 3.05) is 0 Å². The average Bonchev–Trinajstić information content (AvgIpc) is 2.49. The van der Waals surface area contributed by atoms with Crippen LogP contribution in [0.1, 0.15) is 12.5 Å². The number of carbonyl (C=O) groups is 1. The molecule has 0 aliphatic heterocycles. The first-order valence-corrected chi connectivity index (χ1v) is 7.09. The van der Waals surface area contributed by atoms with Gasteiger partial charge >= 0.3 is 0 Å². The van der Waals surface area contributed by atoms with E-state index in [1.54, 1.807) is 0 Å². The van der Waals surface area contributed by atoms with E-state index in [2.05, 4.69) is 5.32 Å². The van der Waals surface area contributed by atoms with E-state index in [1.807, 2.05) is 54.6 Å². The van der Waals surface area contributed by atoms with Gasteiger partial charge in [-0.1, -0.05) is 30.3 Å². The number of para-hydroxylation sites is 1. The van der Waals surface area contributed by atoms with E-state index in [0.29, 0.717) is 6.54 Å². The van der Waals surface area contributed by atoms with Crippen LogP contribution in [-0.4, -0.2) is 23.2 Å². The first-order valence-electron chi connectivity index (χ1n) is 7.09. The molecule has 2 aromatic rings. The van der Waals surface area contributed by atoms with Crippen LogP contribution in [0, 0.1) is 0 Å². The molecule has 0 radical (unpaired) electrons. The fraction of sp³-hybridized carbons (Fsp3) is 0.235. The van der Waals surface area contributed by atoms with Crippen molar-refractivity contribution >= 4 is 5.91 Å². The first kappa shape index (κ1) is 16.0. The number of hydrogen-bond acceptors (Lipinski definition) is 4. The van der Waals surface area contributed by atoms with Gasteiger partial charge in [0.15, 0.2) is 0 Å². The minimum atomic E-state index is -0.835. The molecule has 0 aromatic heterocycles. The molecule has 2 unspecified atom stereocenters. The summed E-state index contributed by atoms with van der Waals surface area (Å²) in [7, 11) is 0. The quantitative estimate of drug-likeness (QED) is 0.728. The van der Waals surface area contributed by atoms with E-state index in [0.717, 1.165) is 17.1 Å². The van der Waals surface area contributed by atoms with Crippen LogP contribution < -0.4 is 15.8 Å². The summed E-state index contributed by atoms with van der Waals surface area (Å²) in [5, 5.41) is 12.4. The van der Waals surface area contributed by atoms with Crippen molar-refractivity contribution in [3.63, 3.8) is 0 Å². The number of primary amides is 1. The predicted octanol–water partition coefficient (Wildman–Crippen LogP) is 1.80. The smallest absolute Gasteiger partial charge is 0.237 e. The molecular weight excluding hydrogens is 280 g/mol. The largest absolute Gasteiger partial charge is 0.457 e. The molecule has 0 aliphatic rings. The lowest BCUT2D eigenvalue weighted by Gasteiger charge is -2.18. The monoisotopic (exact) mass is 300 g/mol. The van der Waals surface area contributed by atoms with E-state index in [4.69, 9.17) is 10.5 Å². The Morgan fingerprint density at radius 1 is 1.14 bits per heavy atom. The van der Waals surface area contributed by atoms with Gasteiger partial charge in [-0.15, -0.1) is 0 Å². The summed E-state index contributed by atoms with van der Waals surface area (Å²) in [6, 6.07) is 16.2. The molecule has 1 amide bonds. The number of nitrogens with two attached hydrogens (primary N) is 1. The molecule has 116 valence electrons. The van der Waals surface area contributed by atoms with Crippen molar-refractivity contribution in [1.82, 2.24) is 5.32 Å². The lowest BCUT2D eigenvalue weighted by molar-refractivity contribution is -0.122. The summed E-state index contributed by atoms with van der Waals surface area (Å²) < 4.78 is 5.70. The summed E-state index contributed by atoms with van der Waals surface area (Å²) in [4.78, 5) is 11.2. The van der Waals surface area contributed by atoms with E-state index in [1.165, 1.54) is 6.92 Å². The SMILES string of the molecule is CC(O)C(NCc1ccc(Oc2ccccc2)cc1)C(N)=O. The van der Waals surface area contributed by atoms with Crippen molar-refractivity contribution in [3.05, 3.63) is 60.2 Å². The van der Waals surface area contributed by atoms with E-state index in [-0.39, 0.29) is 0 Å². The average molecular weight is 300 g/mol. The van der Waals surface area contributed by atoms with Crippen LogP contribution in [0.2, 0.25) is 0 Å². The van der Waals surface area contributed by atoms with E-state index >= 15 is 0 Å². The fourth-order valence-corrected chi connectivity index (χ4v) is 2.04. The van der Waals surface area contributed by atoms with E-state index < -0.39 is 18.1 Å². The molecule has 2 rings (SSSR count). The molecule has 5 nitrogen and oxygen atoms in total. The number of aliphatic hydroxyl groups excluding tert-OH is 1. The third-order valence-corrected chi connectivity index (χ3v) is 3.22. The number of benzene rings is 2. The maximum atomic E-state index is 11.2. The van der Waals surface area contributed by atoms with Gasteiger partial charge in [0.2, 0.25) is 5.91 Å². The maximum Gasteiger partial charge on any atom is 0.237 e. The molecule has 0 bridgehead atoms. The Kier molecular flexibility index (Phi) is 5.52. The van der Waals surface area contributed by atoms with Gasteiger partial charge in [-0.3, -0.25) is 10.1 Å². The van der Waals surface area contributed by atoms with Crippen molar-refractivity contribution in [2.45, 2.75) is 25.6 Å². The standard InChI is InChI=1S/C17H20N2O3/c1-12(20)16(17(18)21)19-11-13-7-9-15(10-8-13)22-14-5-3-2-4-6-14/h2-10,12,16,19-20H,11H2,1H3,(H2,18,21). The van der Waals surface area contributed by atoms with Gasteiger partial charge in [-0.05, 0) is 36.8 Å². The highest BCUT2D eigenvalue weighted by molar-refractivity contribution is 5.80. The second-order valence-corrected chi connectivity index (χ2v) is 5.06. The Labute approximate surface area is 129 Å². The van der Waals surface area contributed by atoms with Crippen molar-refractivity contribution in [1.29, 1.82) is 0 Å². The second-order valence-electron chi connectivity index (χ2n) is 5.06. The Balaban J connectivity index is 1.93. The zero-order valence-corrected chi connectivity index (χ0v) is 12.4. The highest BCUT2D eigenvalue weighted by Gasteiger charge is 2.19. The molecule has 2 atom stereocenters. The maximum absolute atomic E-state index is 11.2. The minimum Gasteiger partial charge on any atom is -0.457 e. The van der Waals surface area contributed by atoms with Crippen molar-refractivity contribution in [3.8, 4) is 11.5 Å². The normalized spacial score (nSPS) is 13.4. The van der Waals surface area contributed by atoms with Crippen LogP contribution >= 0.6 is 0 Å². The number of amides is 1. The van der Waals surface area contributed by atoms with Crippen LogP contribution in [0.15, 0.2) is 54.6 Å². The van der Waals surface area contributed by atoms with Crippen LogP contribution in [0.25, 0.3) is 0 Å². The molecule has 4 N–H and O–H groups in total. The minimum absolute atomic E-state index is 0.435. The lowest BCUT2D eigenvalue weighted by Crippen LogP contribution is -2.47. The summed E-state index contributed by atoms with van der Waals surface area (Å²) in [6.45, 7) is 1.96. The third kappa shape index (κ3) is 4.58. The van der Waals surface area contributed by atoms with Crippen molar-refractivity contribution in [2.24, 2.45) is 5.73 Å². The Morgan fingerprint density at radius 2 is 1.73 bits per heavy atom. The highest BCUT2D eigenvalue weighted by atomic mass is 16.5. The molecule has 0 aliphatic carbocycles. The number of carbonyl (C=O) groups excluding carboxylic acids is 1. The topological polar surface area (TPSA) is 84.6 Å². The van der Waals surface area contributed by atoms with Crippen LogP contribution in [0.4, 0.5) is 0 Å². The first-order chi connectivity index (χ1) is 10.6. The van der Waals surface area contributed by atoms with Gasteiger partial charge in [-0.25, -0.2) is 0 Å². The molecule has 22 heavy (non-hydrogen) atoms. The Bertz CT molecular complexity index is 597. The molecule has 2 aromatic carbocycles. The molecule has 0 heterocycles. The molecular formula is C17H20N2O3. The van der Waals surface area contributed by atoms with Gasteiger partial charge in [0.25, 0.3) is 0 Å². The Hall–Kier alpha value is -2.37. The van der Waals surface area contributed by atoms with Crippen LogP contribution in [-0.2, 0) is 11.3 Å². The predicted molar refractivity (Wildman–Crippen MR) is 84.5 cm³/mol. The summed E-state index contributed by atoms with van der Waals surface area (Å²) in [5.74, 6) is 0.937. The summed E-state index contributed by atoms with van der Waals surface area (Å²) in [5.41, 5.74) is 6.20. The van der Waals surface area contributed by atoms with Crippen LogP contribution in [0.5, 0.6) is 11.5 Å². The zero-order valence-electron chi connectivity index (χ0n) is 12.4. The fourth-order valence-electron chi connectivity index (χ4n) is 2.04. The van der Waals surface area contributed by atoms with Gasteiger partial charge in [0.05, 0.1) is 6.10 Å². The Morgan fingerprint density at radius 3 is 2.27 bits per heavy atom. The number of ether oxygens (including phenoxy) is 1. The van der Waals surface area contributed by atoms with Gasteiger partial charge < -0.3 is 15.6 Å². The lowest BCUT2D eigenvalue weighted by atomic mass is 10.1. The van der Waals surface area contributed by atoms with Gasteiger partial charge in [0, 0.05) is 6.54 Å². The molecule has 0 spiro atoms. The summed E-state index contributed by atoms with van der Waals surface area (Å²) >= 11 is 0. The third-order valence-electron chi connectivity index (χ3n) is 3.22. The van der Waals surface area contributed by atoms with Crippen LogP contribution in [0.3, 0.4) is 0 Å². The van der Waals surface area contributed by atoms with Gasteiger partial charge in [0.1, 0.15) is 17.5 Å². The summed E-state index contributed by atoms with van der Waals surface area (Å²) in [6.07, 6.45) is -0.835. The van der Waals surface area contributed by atoms with Crippen molar-refractivity contribution < 1.29 is 14.6 Å². The second kappa shape index (κ2) is 7.59. The van der Waals surface area contributed by atoms with E-state index in [9.17, 15) is 9.90 Å². The number of rotatable bonds is 7. The zero-order chi connectivity index (χ0) is 15.9. The number of nitrogens with one attached hydrogen (secondary N) is 1.